The monoisotopic (exact) mass is 246 g/mol. The van der Waals surface area contributed by atoms with Crippen LogP contribution in [0.2, 0.25) is 0 Å². The van der Waals surface area contributed by atoms with Crippen LogP contribution >= 0.6 is 21.6 Å². The van der Waals surface area contributed by atoms with Gasteiger partial charge in [0.15, 0.2) is 0 Å². The molecule has 1 atom stereocenters. The molecule has 0 aromatic heterocycles. The minimum absolute atomic E-state index is 0.342. The maximum absolute atomic E-state index is 10.7. The standard InChI is InChI=1S/C12H22OS2/c1-11(13)7-5-3-2-4-6-8-12-9-10-14-15-12/h12H,2-10H2,1H3. The van der Waals surface area contributed by atoms with E-state index in [-0.39, 0.29) is 0 Å². The van der Waals surface area contributed by atoms with Crippen molar-refractivity contribution in [3.63, 3.8) is 0 Å². The lowest BCUT2D eigenvalue weighted by Gasteiger charge is -2.06. The number of carbonyl (C=O) groups is 1. The molecule has 0 aliphatic carbocycles. The molecular formula is C12H22OS2. The predicted octanol–water partition coefficient (Wildman–Crippen LogP) is 4.46. The van der Waals surface area contributed by atoms with E-state index in [2.05, 4.69) is 10.8 Å². The van der Waals surface area contributed by atoms with Crippen LogP contribution in [0.15, 0.2) is 0 Å². The molecule has 3 heteroatoms. The Balaban J connectivity index is 1.78. The van der Waals surface area contributed by atoms with Gasteiger partial charge in [-0.25, -0.2) is 0 Å². The highest BCUT2D eigenvalue weighted by Gasteiger charge is 2.15. The van der Waals surface area contributed by atoms with Crippen LogP contribution < -0.4 is 0 Å². The van der Waals surface area contributed by atoms with E-state index in [1.807, 2.05) is 10.8 Å². The zero-order valence-corrected chi connectivity index (χ0v) is 11.3. The molecule has 0 amide bonds. The van der Waals surface area contributed by atoms with Crippen LogP contribution in [0.3, 0.4) is 0 Å². The highest BCUT2D eigenvalue weighted by Crippen LogP contribution is 2.39. The number of unbranched alkanes of at least 4 members (excludes halogenated alkanes) is 4. The lowest BCUT2D eigenvalue weighted by atomic mass is 10.1. The summed E-state index contributed by atoms with van der Waals surface area (Å²) in [6.45, 7) is 1.69. The van der Waals surface area contributed by atoms with Crippen molar-refractivity contribution in [1.82, 2.24) is 0 Å². The minimum Gasteiger partial charge on any atom is -0.300 e. The van der Waals surface area contributed by atoms with Crippen molar-refractivity contribution in [2.24, 2.45) is 0 Å². The second kappa shape index (κ2) is 8.51. The fraction of sp³-hybridized carbons (Fsp3) is 0.917. The van der Waals surface area contributed by atoms with Crippen molar-refractivity contribution in [2.45, 2.75) is 63.5 Å². The van der Waals surface area contributed by atoms with E-state index in [1.54, 1.807) is 6.92 Å². The summed E-state index contributed by atoms with van der Waals surface area (Å²) in [5.41, 5.74) is 0. The molecule has 88 valence electrons. The molecule has 1 aliphatic rings. The Morgan fingerprint density at radius 3 is 2.60 bits per heavy atom. The van der Waals surface area contributed by atoms with Crippen LogP contribution in [0.25, 0.3) is 0 Å². The highest BCUT2D eigenvalue weighted by molar-refractivity contribution is 8.77. The molecule has 0 radical (unpaired) electrons. The first kappa shape index (κ1) is 13.4. The zero-order chi connectivity index (χ0) is 10.9. The first-order chi connectivity index (χ1) is 7.29. The smallest absolute Gasteiger partial charge is 0.129 e. The molecule has 1 aliphatic heterocycles. The Labute approximate surface area is 102 Å². The number of rotatable bonds is 8. The van der Waals surface area contributed by atoms with Gasteiger partial charge in [0.05, 0.1) is 0 Å². The Hall–Kier alpha value is 0.370. The van der Waals surface area contributed by atoms with E-state index in [0.717, 1.165) is 18.1 Å². The van der Waals surface area contributed by atoms with Crippen molar-refractivity contribution < 1.29 is 4.79 Å². The number of carbonyl (C=O) groups excluding carboxylic acids is 1. The summed E-state index contributed by atoms with van der Waals surface area (Å²) in [7, 11) is 4.12. The van der Waals surface area contributed by atoms with Crippen molar-refractivity contribution in [3.8, 4) is 0 Å². The van der Waals surface area contributed by atoms with Crippen LogP contribution in [-0.4, -0.2) is 16.8 Å². The molecule has 1 saturated heterocycles. The van der Waals surface area contributed by atoms with Gasteiger partial charge in [-0.1, -0.05) is 47.3 Å². The Morgan fingerprint density at radius 2 is 1.93 bits per heavy atom. The Bertz CT molecular complexity index is 176. The topological polar surface area (TPSA) is 17.1 Å². The SMILES string of the molecule is CC(=O)CCCCCCCC1CCSS1. The van der Waals surface area contributed by atoms with E-state index in [9.17, 15) is 4.79 Å². The molecule has 0 spiro atoms. The van der Waals surface area contributed by atoms with Crippen LogP contribution in [0.5, 0.6) is 0 Å². The highest BCUT2D eigenvalue weighted by atomic mass is 33.1. The molecular weight excluding hydrogens is 224 g/mol. The largest absolute Gasteiger partial charge is 0.300 e. The van der Waals surface area contributed by atoms with Gasteiger partial charge in [-0.3, -0.25) is 0 Å². The molecule has 1 rings (SSSR count). The average Bonchev–Trinajstić information content (AvgIpc) is 2.68. The second-order valence-electron chi connectivity index (χ2n) is 4.34. The summed E-state index contributed by atoms with van der Waals surface area (Å²) >= 11 is 0. The van der Waals surface area contributed by atoms with Crippen LogP contribution in [0.1, 0.15) is 58.3 Å². The third-order valence-electron chi connectivity index (χ3n) is 2.78. The summed E-state index contributed by atoms with van der Waals surface area (Å²) in [5, 5.41) is 0.937. The summed E-state index contributed by atoms with van der Waals surface area (Å²) in [6, 6.07) is 0. The Kier molecular flexibility index (Phi) is 7.63. The fourth-order valence-corrected chi connectivity index (χ4v) is 4.87. The molecule has 0 N–H and O–H groups in total. The predicted molar refractivity (Wildman–Crippen MR) is 71.5 cm³/mol. The third-order valence-corrected chi connectivity index (χ3v) is 5.79. The number of hydrogen-bond donors (Lipinski definition) is 0. The van der Waals surface area contributed by atoms with E-state index in [4.69, 9.17) is 0 Å². The summed E-state index contributed by atoms with van der Waals surface area (Å²) in [4.78, 5) is 10.7. The van der Waals surface area contributed by atoms with E-state index < -0.39 is 0 Å². The maximum Gasteiger partial charge on any atom is 0.129 e. The lowest BCUT2D eigenvalue weighted by Crippen LogP contribution is -1.96. The molecule has 1 heterocycles. The number of ketones is 1. The molecule has 1 nitrogen and oxygen atoms in total. The molecule has 0 saturated carbocycles. The average molecular weight is 246 g/mol. The normalized spacial score (nSPS) is 20.7. The van der Waals surface area contributed by atoms with Crippen molar-refractivity contribution in [1.29, 1.82) is 0 Å². The van der Waals surface area contributed by atoms with Crippen molar-refractivity contribution in [3.05, 3.63) is 0 Å². The lowest BCUT2D eigenvalue weighted by molar-refractivity contribution is -0.117. The van der Waals surface area contributed by atoms with Gasteiger partial charge in [-0.15, -0.1) is 0 Å². The second-order valence-corrected chi connectivity index (χ2v) is 7.12. The molecule has 1 fully saturated rings. The van der Waals surface area contributed by atoms with Crippen LogP contribution in [-0.2, 0) is 4.79 Å². The van der Waals surface area contributed by atoms with Gasteiger partial charge in [0.2, 0.25) is 0 Å². The van der Waals surface area contributed by atoms with E-state index in [1.165, 1.54) is 44.3 Å². The molecule has 1 unspecified atom stereocenters. The van der Waals surface area contributed by atoms with E-state index >= 15 is 0 Å². The zero-order valence-electron chi connectivity index (χ0n) is 9.67. The summed E-state index contributed by atoms with van der Waals surface area (Å²) in [5.74, 6) is 1.70. The van der Waals surface area contributed by atoms with Gasteiger partial charge in [0, 0.05) is 17.4 Å². The van der Waals surface area contributed by atoms with E-state index in [0.29, 0.717) is 5.78 Å². The molecule has 0 bridgehead atoms. The van der Waals surface area contributed by atoms with Crippen LogP contribution in [0.4, 0.5) is 0 Å². The third kappa shape index (κ3) is 7.29. The van der Waals surface area contributed by atoms with Crippen LogP contribution in [0, 0.1) is 0 Å². The van der Waals surface area contributed by atoms with Gasteiger partial charge >= 0.3 is 0 Å². The first-order valence-electron chi connectivity index (χ1n) is 6.07. The van der Waals surface area contributed by atoms with Gasteiger partial charge in [0.1, 0.15) is 5.78 Å². The molecule has 15 heavy (non-hydrogen) atoms. The van der Waals surface area contributed by atoms with Gasteiger partial charge in [-0.2, -0.15) is 0 Å². The summed E-state index contributed by atoms with van der Waals surface area (Å²) in [6.07, 6.45) is 10.0. The van der Waals surface area contributed by atoms with Gasteiger partial charge in [-0.05, 0) is 26.2 Å². The Morgan fingerprint density at radius 1 is 1.20 bits per heavy atom. The molecule has 0 aromatic rings. The number of hydrogen-bond acceptors (Lipinski definition) is 3. The quantitative estimate of drug-likeness (QED) is 0.465. The maximum atomic E-state index is 10.7. The fourth-order valence-electron chi connectivity index (χ4n) is 1.84. The van der Waals surface area contributed by atoms with Crippen molar-refractivity contribution >= 4 is 27.4 Å². The minimum atomic E-state index is 0.342. The number of Topliss-reactive ketones (excluding diaryl/α,β-unsaturated/α-hetero) is 1. The van der Waals surface area contributed by atoms with Crippen molar-refractivity contribution in [2.75, 3.05) is 5.75 Å². The molecule has 0 aromatic carbocycles. The van der Waals surface area contributed by atoms with Gasteiger partial charge < -0.3 is 4.79 Å². The first-order valence-corrected chi connectivity index (χ1v) is 8.45. The van der Waals surface area contributed by atoms with Gasteiger partial charge in [0.25, 0.3) is 0 Å². The summed E-state index contributed by atoms with van der Waals surface area (Å²) < 4.78 is 0.